The minimum absolute atomic E-state index is 0.239. The second kappa shape index (κ2) is 8.45. The smallest absolute Gasteiger partial charge is 0.293 e. The van der Waals surface area contributed by atoms with Gasteiger partial charge in [0.1, 0.15) is 11.5 Å². The van der Waals surface area contributed by atoms with E-state index in [-0.39, 0.29) is 17.7 Å². The number of hydrogen-bond donors (Lipinski definition) is 0. The Balaban J connectivity index is 1.40. The van der Waals surface area contributed by atoms with Crippen molar-refractivity contribution in [3.8, 4) is 11.3 Å². The first-order chi connectivity index (χ1) is 15.5. The number of rotatable bonds is 4. The van der Waals surface area contributed by atoms with Crippen LogP contribution in [0.4, 0.5) is 4.79 Å². The van der Waals surface area contributed by atoms with E-state index in [1.807, 2.05) is 73.7 Å². The molecule has 158 valence electrons. The van der Waals surface area contributed by atoms with Crippen LogP contribution in [0.1, 0.15) is 16.9 Å². The highest BCUT2D eigenvalue weighted by atomic mass is 79.9. The van der Waals surface area contributed by atoms with E-state index in [1.165, 1.54) is 4.90 Å². The third kappa shape index (κ3) is 3.92. The molecule has 0 bridgehead atoms. The first-order valence-electron chi connectivity index (χ1n) is 10.1. The summed E-state index contributed by atoms with van der Waals surface area (Å²) in [5.41, 5.74) is 3.02. The third-order valence-electron chi connectivity index (χ3n) is 5.37. The molecule has 1 aliphatic heterocycles. The Morgan fingerprint density at radius 1 is 1.00 bits per heavy atom. The summed E-state index contributed by atoms with van der Waals surface area (Å²) in [6.07, 6.45) is 1.64. The van der Waals surface area contributed by atoms with Crippen molar-refractivity contribution in [3.63, 3.8) is 0 Å². The summed E-state index contributed by atoms with van der Waals surface area (Å²) in [7, 11) is 0. The highest BCUT2D eigenvalue weighted by Gasteiger charge is 2.35. The van der Waals surface area contributed by atoms with Gasteiger partial charge in [-0.1, -0.05) is 64.5 Å². The summed E-state index contributed by atoms with van der Waals surface area (Å²) < 4.78 is 6.88. The lowest BCUT2D eigenvalue weighted by molar-refractivity contribution is -0.123. The molecule has 0 saturated carbocycles. The van der Waals surface area contributed by atoms with Crippen molar-refractivity contribution in [2.24, 2.45) is 0 Å². The molecule has 0 radical (unpaired) electrons. The normalized spacial score (nSPS) is 15.3. The van der Waals surface area contributed by atoms with Crippen molar-refractivity contribution in [2.75, 3.05) is 0 Å². The molecule has 2 amide bonds. The van der Waals surface area contributed by atoms with Gasteiger partial charge >= 0.3 is 0 Å². The van der Waals surface area contributed by atoms with Crippen LogP contribution in [0, 0.1) is 6.92 Å². The van der Waals surface area contributed by atoms with Crippen molar-refractivity contribution in [1.82, 2.24) is 4.90 Å². The van der Waals surface area contributed by atoms with Crippen LogP contribution in [0.15, 0.2) is 86.6 Å². The van der Waals surface area contributed by atoms with Crippen LogP contribution < -0.4 is 0 Å². The SMILES string of the molecule is Cc1ccc(-c2ccc(/C=C3\SC(=O)N(Cc4cccc5ccccc45)C3=O)o2)c(Br)c1. The average molecular weight is 504 g/mol. The van der Waals surface area contributed by atoms with Crippen LogP contribution in [-0.4, -0.2) is 16.0 Å². The molecule has 32 heavy (non-hydrogen) atoms. The number of benzene rings is 3. The van der Waals surface area contributed by atoms with E-state index in [9.17, 15) is 9.59 Å². The van der Waals surface area contributed by atoms with Gasteiger partial charge in [0, 0.05) is 16.1 Å². The molecule has 5 rings (SSSR count). The fourth-order valence-corrected chi connectivity index (χ4v) is 5.27. The molecule has 1 saturated heterocycles. The Labute approximate surface area is 198 Å². The number of amides is 2. The zero-order valence-corrected chi connectivity index (χ0v) is 19.6. The van der Waals surface area contributed by atoms with Crippen molar-refractivity contribution in [2.45, 2.75) is 13.5 Å². The van der Waals surface area contributed by atoms with Gasteiger partial charge in [0.05, 0.1) is 11.4 Å². The molecule has 0 spiro atoms. The third-order valence-corrected chi connectivity index (χ3v) is 6.94. The summed E-state index contributed by atoms with van der Waals surface area (Å²) in [5, 5.41) is 1.84. The van der Waals surface area contributed by atoms with Crippen molar-refractivity contribution in [3.05, 3.63) is 99.1 Å². The van der Waals surface area contributed by atoms with Crippen LogP contribution in [-0.2, 0) is 11.3 Å². The van der Waals surface area contributed by atoms with Gasteiger partial charge in [-0.2, -0.15) is 0 Å². The van der Waals surface area contributed by atoms with Crippen molar-refractivity contribution in [1.29, 1.82) is 0 Å². The number of fused-ring (bicyclic) bond motifs is 1. The molecule has 0 atom stereocenters. The summed E-state index contributed by atoms with van der Waals surface area (Å²) >= 11 is 4.51. The summed E-state index contributed by atoms with van der Waals surface area (Å²) in [5.74, 6) is 0.920. The Hall–Kier alpha value is -3.09. The number of imide groups is 1. The van der Waals surface area contributed by atoms with E-state index in [2.05, 4.69) is 15.9 Å². The highest BCUT2D eigenvalue weighted by molar-refractivity contribution is 9.10. The Morgan fingerprint density at radius 3 is 2.66 bits per heavy atom. The predicted octanol–water partition coefficient (Wildman–Crippen LogP) is 7.41. The minimum Gasteiger partial charge on any atom is -0.457 e. The Morgan fingerprint density at radius 2 is 1.81 bits per heavy atom. The molecule has 0 unspecified atom stereocenters. The molecule has 0 N–H and O–H groups in total. The van der Waals surface area contributed by atoms with Crippen LogP contribution in [0.3, 0.4) is 0 Å². The topological polar surface area (TPSA) is 50.5 Å². The van der Waals surface area contributed by atoms with E-state index >= 15 is 0 Å². The molecule has 6 heteroatoms. The van der Waals surface area contributed by atoms with Gasteiger partial charge in [-0.15, -0.1) is 0 Å². The molecule has 4 nitrogen and oxygen atoms in total. The fourth-order valence-electron chi connectivity index (χ4n) is 3.76. The zero-order valence-electron chi connectivity index (χ0n) is 17.2. The number of aryl methyl sites for hydroxylation is 1. The molecule has 3 aromatic carbocycles. The Bertz CT molecular complexity index is 1400. The second-order valence-corrected chi connectivity index (χ2v) is 9.44. The van der Waals surface area contributed by atoms with Crippen LogP contribution >= 0.6 is 27.7 Å². The van der Waals surface area contributed by atoms with Crippen LogP contribution in [0.25, 0.3) is 28.2 Å². The molecule has 4 aromatic rings. The molecule has 1 fully saturated rings. The number of carbonyl (C=O) groups excluding carboxylic acids is 2. The van der Waals surface area contributed by atoms with Crippen molar-refractivity contribution < 1.29 is 14.0 Å². The molecular weight excluding hydrogens is 486 g/mol. The lowest BCUT2D eigenvalue weighted by Crippen LogP contribution is -2.27. The standard InChI is InChI=1S/C26H18BrNO3S/c1-16-9-11-21(22(27)13-16)23-12-10-19(31-23)14-24-25(29)28(26(30)32-24)15-18-7-4-6-17-5-2-3-8-20(17)18/h2-14H,15H2,1H3/b24-14-. The molecule has 2 heterocycles. The average Bonchev–Trinajstić information content (AvgIpc) is 3.34. The molecule has 1 aliphatic rings. The number of nitrogens with zero attached hydrogens (tertiary/aromatic N) is 1. The monoisotopic (exact) mass is 503 g/mol. The van der Waals surface area contributed by atoms with E-state index < -0.39 is 0 Å². The largest absolute Gasteiger partial charge is 0.457 e. The van der Waals surface area contributed by atoms with Gasteiger partial charge in [0.2, 0.25) is 0 Å². The molecular formula is C26H18BrNO3S. The Kier molecular flexibility index (Phi) is 5.49. The second-order valence-electron chi connectivity index (χ2n) is 7.59. The van der Waals surface area contributed by atoms with Crippen molar-refractivity contribution >= 4 is 55.7 Å². The number of hydrogen-bond acceptors (Lipinski definition) is 4. The number of halogens is 1. The lowest BCUT2D eigenvalue weighted by Gasteiger charge is -2.14. The number of carbonyl (C=O) groups is 2. The predicted molar refractivity (Wildman–Crippen MR) is 132 cm³/mol. The van der Waals surface area contributed by atoms with Crippen LogP contribution in [0.2, 0.25) is 0 Å². The van der Waals surface area contributed by atoms with Gasteiger partial charge in [-0.05, 0) is 64.9 Å². The maximum atomic E-state index is 13.0. The highest BCUT2D eigenvalue weighted by Crippen LogP contribution is 2.36. The summed E-state index contributed by atoms with van der Waals surface area (Å²) in [6, 6.07) is 23.6. The van der Waals surface area contributed by atoms with Gasteiger partial charge in [0.25, 0.3) is 11.1 Å². The minimum atomic E-state index is -0.303. The van der Waals surface area contributed by atoms with Gasteiger partial charge in [-0.3, -0.25) is 14.5 Å². The van der Waals surface area contributed by atoms with E-state index in [0.29, 0.717) is 16.4 Å². The number of furan rings is 1. The van der Waals surface area contributed by atoms with Gasteiger partial charge in [-0.25, -0.2) is 0 Å². The maximum absolute atomic E-state index is 13.0. The van der Waals surface area contributed by atoms with Crippen LogP contribution in [0.5, 0.6) is 0 Å². The first-order valence-corrected chi connectivity index (χ1v) is 11.7. The first kappa shape index (κ1) is 20.8. The molecule has 0 aliphatic carbocycles. The van der Waals surface area contributed by atoms with E-state index in [0.717, 1.165) is 43.7 Å². The number of thioether (sulfide) groups is 1. The van der Waals surface area contributed by atoms with E-state index in [4.69, 9.17) is 4.42 Å². The maximum Gasteiger partial charge on any atom is 0.293 e. The van der Waals surface area contributed by atoms with Gasteiger partial charge < -0.3 is 4.42 Å². The zero-order chi connectivity index (χ0) is 22.2. The summed E-state index contributed by atoms with van der Waals surface area (Å²) in [4.78, 5) is 27.3. The molecule has 1 aromatic heterocycles. The van der Waals surface area contributed by atoms with Gasteiger partial charge in [0.15, 0.2) is 0 Å². The summed E-state index contributed by atoms with van der Waals surface area (Å²) in [6.45, 7) is 2.26. The quantitative estimate of drug-likeness (QED) is 0.272. The lowest BCUT2D eigenvalue weighted by atomic mass is 10.0. The van der Waals surface area contributed by atoms with E-state index in [1.54, 1.807) is 12.1 Å². The fraction of sp³-hybridized carbons (Fsp3) is 0.0769.